The molecule has 0 saturated carbocycles. The van der Waals surface area contributed by atoms with Crippen molar-refractivity contribution in [2.75, 3.05) is 24.5 Å². The Labute approximate surface area is 189 Å². The van der Waals surface area contributed by atoms with Crippen LogP contribution >= 0.6 is 23.2 Å². The molecule has 2 heterocycles. The number of carbonyl (C=O) groups excluding carboxylic acids is 1. The number of piperazine rings is 1. The summed E-state index contributed by atoms with van der Waals surface area (Å²) in [5.74, 6) is 0.728. The smallest absolute Gasteiger partial charge is 0.255 e. The van der Waals surface area contributed by atoms with Crippen LogP contribution in [0.1, 0.15) is 17.3 Å². The third kappa shape index (κ3) is 4.73. The Hall–Kier alpha value is -2.90. The average Bonchev–Trinajstić information content (AvgIpc) is 2.76. The quantitative estimate of drug-likeness (QED) is 0.544. The van der Waals surface area contributed by atoms with E-state index >= 15 is 0 Å². The van der Waals surface area contributed by atoms with Gasteiger partial charge in [-0.15, -0.1) is 0 Å². The fourth-order valence-corrected chi connectivity index (χ4v) is 3.91. The molecule has 160 valence electrons. The van der Waals surface area contributed by atoms with Gasteiger partial charge in [-0.05, 0) is 37.3 Å². The normalized spacial score (nSPS) is 16.3. The molecule has 1 atom stereocenters. The van der Waals surface area contributed by atoms with Gasteiger partial charge in [0.2, 0.25) is 5.88 Å². The molecule has 1 saturated heterocycles. The molecule has 6 nitrogen and oxygen atoms in total. The summed E-state index contributed by atoms with van der Waals surface area (Å²) in [6, 6.07) is 12.6. The molecule has 31 heavy (non-hydrogen) atoms. The number of nitrogens with zero attached hydrogens (tertiary/aromatic N) is 4. The van der Waals surface area contributed by atoms with Crippen molar-refractivity contribution in [3.63, 3.8) is 0 Å². The molecule has 1 aromatic heterocycles. The minimum atomic E-state index is -0.445. The van der Waals surface area contributed by atoms with Crippen LogP contribution in [0.3, 0.4) is 0 Å². The molecule has 1 unspecified atom stereocenters. The predicted octanol–water partition coefficient (Wildman–Crippen LogP) is 5.07. The van der Waals surface area contributed by atoms with Gasteiger partial charge in [0.15, 0.2) is 0 Å². The standard InChI is InChI=1S/C22H19Cl2FN4O2/c1-14-12-28(8-9-29(14)22(30)16-4-2-3-5-17(16)23)20-11-21(27-13-26-20)31-19-7-6-15(25)10-18(19)24/h2-7,10-11,13-14H,8-9,12H2,1H3. The summed E-state index contributed by atoms with van der Waals surface area (Å²) < 4.78 is 18.9. The molecule has 9 heteroatoms. The van der Waals surface area contributed by atoms with Gasteiger partial charge < -0.3 is 14.5 Å². The molecule has 2 aromatic carbocycles. The molecule has 0 N–H and O–H groups in total. The Bertz CT molecular complexity index is 1110. The van der Waals surface area contributed by atoms with Crippen molar-refractivity contribution in [3.8, 4) is 11.6 Å². The first-order valence-corrected chi connectivity index (χ1v) is 10.4. The van der Waals surface area contributed by atoms with Gasteiger partial charge in [-0.2, -0.15) is 0 Å². The van der Waals surface area contributed by atoms with Gasteiger partial charge in [-0.1, -0.05) is 35.3 Å². The van der Waals surface area contributed by atoms with Crippen molar-refractivity contribution in [2.24, 2.45) is 0 Å². The molecule has 1 amide bonds. The van der Waals surface area contributed by atoms with E-state index in [0.717, 1.165) is 0 Å². The van der Waals surface area contributed by atoms with Crippen molar-refractivity contribution >= 4 is 34.9 Å². The van der Waals surface area contributed by atoms with Gasteiger partial charge in [0.05, 0.1) is 15.6 Å². The lowest BCUT2D eigenvalue weighted by atomic mass is 10.1. The van der Waals surface area contributed by atoms with Crippen molar-refractivity contribution in [1.82, 2.24) is 14.9 Å². The maximum absolute atomic E-state index is 13.2. The van der Waals surface area contributed by atoms with Gasteiger partial charge in [0.25, 0.3) is 5.91 Å². The largest absolute Gasteiger partial charge is 0.437 e. The molecule has 0 bridgehead atoms. The first-order chi connectivity index (χ1) is 14.9. The maximum atomic E-state index is 13.2. The van der Waals surface area contributed by atoms with Crippen LogP contribution in [-0.4, -0.2) is 46.5 Å². The zero-order valence-electron chi connectivity index (χ0n) is 16.6. The minimum Gasteiger partial charge on any atom is -0.437 e. The van der Waals surface area contributed by atoms with Crippen LogP contribution in [0, 0.1) is 5.82 Å². The molecular weight excluding hydrogens is 442 g/mol. The Balaban J connectivity index is 1.46. The Kier molecular flexibility index (Phi) is 6.25. The van der Waals surface area contributed by atoms with Crippen molar-refractivity contribution in [2.45, 2.75) is 13.0 Å². The SMILES string of the molecule is CC1CN(c2cc(Oc3ccc(F)cc3Cl)ncn2)CCN1C(=O)c1ccccc1Cl. The number of amides is 1. The highest BCUT2D eigenvalue weighted by Gasteiger charge is 2.29. The zero-order valence-corrected chi connectivity index (χ0v) is 18.1. The molecule has 0 aliphatic carbocycles. The molecule has 1 aliphatic rings. The monoisotopic (exact) mass is 460 g/mol. The first-order valence-electron chi connectivity index (χ1n) is 9.68. The fourth-order valence-electron chi connectivity index (χ4n) is 3.49. The highest BCUT2D eigenvalue weighted by Crippen LogP contribution is 2.30. The number of aromatic nitrogens is 2. The van der Waals surface area contributed by atoms with E-state index in [9.17, 15) is 9.18 Å². The highest BCUT2D eigenvalue weighted by molar-refractivity contribution is 6.33. The molecule has 4 rings (SSSR count). The van der Waals surface area contributed by atoms with Gasteiger partial charge in [0.1, 0.15) is 23.7 Å². The second-order valence-electron chi connectivity index (χ2n) is 7.16. The maximum Gasteiger partial charge on any atom is 0.255 e. The summed E-state index contributed by atoms with van der Waals surface area (Å²) in [6.45, 7) is 3.69. The van der Waals surface area contributed by atoms with Gasteiger partial charge in [-0.25, -0.2) is 14.4 Å². The lowest BCUT2D eigenvalue weighted by Crippen LogP contribution is -2.54. The van der Waals surface area contributed by atoms with Crippen molar-refractivity contribution in [1.29, 1.82) is 0 Å². The number of rotatable bonds is 4. The summed E-state index contributed by atoms with van der Waals surface area (Å²) in [5.41, 5.74) is 0.498. The first kappa shape index (κ1) is 21.3. The topological polar surface area (TPSA) is 58.6 Å². The molecule has 1 aliphatic heterocycles. The van der Waals surface area contributed by atoms with Crippen LogP contribution in [0.2, 0.25) is 10.0 Å². The number of hydrogen-bond donors (Lipinski definition) is 0. The highest BCUT2D eigenvalue weighted by atomic mass is 35.5. The summed E-state index contributed by atoms with van der Waals surface area (Å²) in [6.07, 6.45) is 1.40. The lowest BCUT2D eigenvalue weighted by molar-refractivity contribution is 0.0674. The molecule has 0 spiro atoms. The van der Waals surface area contributed by atoms with E-state index in [1.54, 1.807) is 30.3 Å². The Morgan fingerprint density at radius 3 is 2.65 bits per heavy atom. The zero-order chi connectivity index (χ0) is 22.0. The van der Waals surface area contributed by atoms with Crippen LogP contribution in [0.4, 0.5) is 10.2 Å². The van der Waals surface area contributed by atoms with E-state index in [4.69, 9.17) is 27.9 Å². The van der Waals surface area contributed by atoms with Crippen LogP contribution in [-0.2, 0) is 0 Å². The molecule has 0 radical (unpaired) electrons. The lowest BCUT2D eigenvalue weighted by Gasteiger charge is -2.40. The summed E-state index contributed by atoms with van der Waals surface area (Å²) in [7, 11) is 0. The number of halogens is 3. The third-order valence-corrected chi connectivity index (χ3v) is 5.68. The summed E-state index contributed by atoms with van der Waals surface area (Å²) in [4.78, 5) is 25.2. The number of ether oxygens (including phenoxy) is 1. The number of anilines is 1. The Morgan fingerprint density at radius 1 is 1.10 bits per heavy atom. The summed E-state index contributed by atoms with van der Waals surface area (Å²) in [5, 5.41) is 0.597. The van der Waals surface area contributed by atoms with Crippen LogP contribution in [0.15, 0.2) is 54.9 Å². The van der Waals surface area contributed by atoms with Crippen molar-refractivity contribution < 1.29 is 13.9 Å². The molecule has 1 fully saturated rings. The van der Waals surface area contributed by atoms with Gasteiger partial charge in [0, 0.05) is 31.7 Å². The molecule has 3 aromatic rings. The van der Waals surface area contributed by atoms with Crippen LogP contribution in [0.25, 0.3) is 0 Å². The second kappa shape index (κ2) is 9.08. The Morgan fingerprint density at radius 2 is 1.90 bits per heavy atom. The van der Waals surface area contributed by atoms with Crippen molar-refractivity contribution in [3.05, 3.63) is 76.3 Å². The van der Waals surface area contributed by atoms with E-state index < -0.39 is 5.82 Å². The fraction of sp³-hybridized carbons (Fsp3) is 0.227. The van der Waals surface area contributed by atoms with Gasteiger partial charge in [-0.3, -0.25) is 4.79 Å². The van der Waals surface area contributed by atoms with Crippen LogP contribution in [0.5, 0.6) is 11.6 Å². The minimum absolute atomic E-state index is 0.0524. The third-order valence-electron chi connectivity index (χ3n) is 5.05. The van der Waals surface area contributed by atoms with Gasteiger partial charge >= 0.3 is 0 Å². The van der Waals surface area contributed by atoms with E-state index in [0.29, 0.717) is 47.7 Å². The molecular formula is C22H19Cl2FN4O2. The number of carbonyl (C=O) groups is 1. The van der Waals surface area contributed by atoms with Crippen LogP contribution < -0.4 is 9.64 Å². The van der Waals surface area contributed by atoms with E-state index in [2.05, 4.69) is 14.9 Å². The average molecular weight is 461 g/mol. The summed E-state index contributed by atoms with van der Waals surface area (Å²) >= 11 is 12.2. The van der Waals surface area contributed by atoms with E-state index in [1.807, 2.05) is 11.8 Å². The second-order valence-corrected chi connectivity index (χ2v) is 7.98. The van der Waals surface area contributed by atoms with E-state index in [-0.39, 0.29) is 17.0 Å². The number of benzene rings is 2. The van der Waals surface area contributed by atoms with E-state index in [1.165, 1.54) is 24.5 Å². The predicted molar refractivity (Wildman–Crippen MR) is 118 cm³/mol. The number of hydrogen-bond acceptors (Lipinski definition) is 5.